The van der Waals surface area contributed by atoms with Gasteiger partial charge in [0.2, 0.25) is 0 Å². The summed E-state index contributed by atoms with van der Waals surface area (Å²) in [6.45, 7) is 1.27. The van der Waals surface area contributed by atoms with Crippen molar-refractivity contribution in [3.63, 3.8) is 0 Å². The first-order chi connectivity index (χ1) is 9.27. The molecule has 0 aliphatic heterocycles. The average Bonchev–Trinajstić information content (AvgIpc) is 2.44. The molecule has 1 rings (SSSR count). The zero-order valence-electron chi connectivity index (χ0n) is 11.1. The number of carbonyl (C=O) groups is 1. The highest BCUT2D eigenvalue weighted by Crippen LogP contribution is 2.04. The molecule has 0 heterocycles. The molecule has 0 saturated carbocycles. The van der Waals surface area contributed by atoms with Gasteiger partial charge in [0, 0.05) is 37.8 Å². The standard InChI is InChI=1S/C15H19NO3/c1-19-11-5-9-16-15(18)14-8-4-7-13(12-14)6-2-3-10-17/h4,7-8,12,17H,3,5,9-11H2,1H3,(H,16,18). The monoisotopic (exact) mass is 261 g/mol. The minimum absolute atomic E-state index is 0.0483. The molecule has 1 amide bonds. The number of aliphatic hydroxyl groups is 1. The summed E-state index contributed by atoms with van der Waals surface area (Å²) in [6.07, 6.45) is 1.23. The van der Waals surface area contributed by atoms with E-state index in [0.717, 1.165) is 12.0 Å². The number of hydrogen-bond donors (Lipinski definition) is 2. The quantitative estimate of drug-likeness (QED) is 0.597. The van der Waals surface area contributed by atoms with Crippen LogP contribution in [-0.4, -0.2) is 37.9 Å². The van der Waals surface area contributed by atoms with Gasteiger partial charge >= 0.3 is 0 Å². The van der Waals surface area contributed by atoms with E-state index in [2.05, 4.69) is 17.2 Å². The number of ether oxygens (including phenoxy) is 1. The number of carbonyl (C=O) groups excluding carboxylic acids is 1. The first-order valence-corrected chi connectivity index (χ1v) is 6.25. The number of aliphatic hydroxyl groups excluding tert-OH is 1. The summed E-state index contributed by atoms with van der Waals surface area (Å²) in [5.74, 6) is 5.63. The Hall–Kier alpha value is -1.83. The summed E-state index contributed by atoms with van der Waals surface area (Å²) in [4.78, 5) is 11.8. The maximum Gasteiger partial charge on any atom is 0.251 e. The summed E-state index contributed by atoms with van der Waals surface area (Å²) in [6, 6.07) is 7.14. The van der Waals surface area contributed by atoms with Crippen molar-refractivity contribution in [1.29, 1.82) is 0 Å². The van der Waals surface area contributed by atoms with Crippen molar-refractivity contribution in [1.82, 2.24) is 5.32 Å². The minimum atomic E-state index is -0.109. The third-order valence-corrected chi connectivity index (χ3v) is 2.41. The van der Waals surface area contributed by atoms with E-state index >= 15 is 0 Å². The molecule has 0 radical (unpaired) electrons. The Balaban J connectivity index is 2.56. The van der Waals surface area contributed by atoms with Gasteiger partial charge in [-0.1, -0.05) is 17.9 Å². The zero-order valence-corrected chi connectivity index (χ0v) is 11.1. The topological polar surface area (TPSA) is 58.6 Å². The van der Waals surface area contributed by atoms with Crippen molar-refractivity contribution in [3.05, 3.63) is 35.4 Å². The van der Waals surface area contributed by atoms with Gasteiger partial charge in [-0.2, -0.15) is 0 Å². The van der Waals surface area contributed by atoms with Crippen molar-refractivity contribution in [2.45, 2.75) is 12.8 Å². The molecule has 2 N–H and O–H groups in total. The van der Waals surface area contributed by atoms with Gasteiger partial charge in [-0.05, 0) is 24.6 Å². The molecule has 0 unspecified atom stereocenters. The Labute approximate surface area is 113 Å². The SMILES string of the molecule is COCCCNC(=O)c1cccc(C#CCCO)c1. The van der Waals surface area contributed by atoms with Gasteiger partial charge in [0.05, 0.1) is 6.61 Å². The summed E-state index contributed by atoms with van der Waals surface area (Å²) in [5.41, 5.74) is 1.37. The predicted octanol–water partition coefficient (Wildman–Crippen LogP) is 1.19. The van der Waals surface area contributed by atoms with E-state index in [4.69, 9.17) is 9.84 Å². The lowest BCUT2D eigenvalue weighted by molar-refractivity contribution is 0.0948. The van der Waals surface area contributed by atoms with Crippen molar-refractivity contribution in [3.8, 4) is 11.8 Å². The van der Waals surface area contributed by atoms with Crippen molar-refractivity contribution >= 4 is 5.91 Å². The Morgan fingerprint density at radius 3 is 3.05 bits per heavy atom. The van der Waals surface area contributed by atoms with Crippen LogP contribution >= 0.6 is 0 Å². The lowest BCUT2D eigenvalue weighted by atomic mass is 10.1. The largest absolute Gasteiger partial charge is 0.395 e. The Kier molecular flexibility index (Phi) is 7.33. The maximum atomic E-state index is 11.8. The molecule has 0 fully saturated rings. The van der Waals surface area contributed by atoms with E-state index in [-0.39, 0.29) is 12.5 Å². The molecule has 0 aromatic heterocycles. The van der Waals surface area contributed by atoms with Crippen molar-refractivity contribution in [2.24, 2.45) is 0 Å². The number of methoxy groups -OCH3 is 1. The van der Waals surface area contributed by atoms with Crippen LogP contribution in [-0.2, 0) is 4.74 Å². The highest BCUT2D eigenvalue weighted by molar-refractivity contribution is 5.94. The first kappa shape index (κ1) is 15.2. The van der Waals surface area contributed by atoms with E-state index in [1.54, 1.807) is 25.3 Å². The fourth-order valence-electron chi connectivity index (χ4n) is 1.48. The molecule has 0 atom stereocenters. The maximum absolute atomic E-state index is 11.8. The van der Waals surface area contributed by atoms with E-state index in [9.17, 15) is 4.79 Å². The summed E-state index contributed by atoms with van der Waals surface area (Å²) in [7, 11) is 1.64. The first-order valence-electron chi connectivity index (χ1n) is 6.25. The summed E-state index contributed by atoms with van der Waals surface area (Å²) in [5, 5.41) is 11.5. The normalized spacial score (nSPS) is 9.58. The third kappa shape index (κ3) is 6.05. The van der Waals surface area contributed by atoms with Crippen molar-refractivity contribution in [2.75, 3.05) is 26.9 Å². The van der Waals surface area contributed by atoms with E-state index in [1.165, 1.54) is 0 Å². The Morgan fingerprint density at radius 1 is 1.47 bits per heavy atom. The molecular weight excluding hydrogens is 242 g/mol. The minimum Gasteiger partial charge on any atom is -0.395 e. The van der Waals surface area contributed by atoms with Gasteiger partial charge in [0.25, 0.3) is 5.91 Å². The number of nitrogens with one attached hydrogen (secondary N) is 1. The van der Waals surface area contributed by atoms with Gasteiger partial charge in [0.15, 0.2) is 0 Å². The average molecular weight is 261 g/mol. The van der Waals surface area contributed by atoms with Gasteiger partial charge in [-0.3, -0.25) is 4.79 Å². The Bertz CT molecular complexity index is 460. The molecule has 0 aliphatic rings. The zero-order chi connectivity index (χ0) is 13.9. The van der Waals surface area contributed by atoms with Gasteiger partial charge in [0.1, 0.15) is 0 Å². The molecule has 4 heteroatoms. The second-order valence-corrected chi connectivity index (χ2v) is 3.96. The van der Waals surface area contributed by atoms with Crippen LogP contribution in [0.25, 0.3) is 0 Å². The molecule has 102 valence electrons. The van der Waals surface area contributed by atoms with Crippen LogP contribution < -0.4 is 5.32 Å². The van der Waals surface area contributed by atoms with Crippen molar-refractivity contribution < 1.29 is 14.6 Å². The molecule has 0 saturated heterocycles. The van der Waals surface area contributed by atoms with E-state index in [0.29, 0.717) is 25.1 Å². The van der Waals surface area contributed by atoms with Crippen LogP contribution in [0.1, 0.15) is 28.8 Å². The fraction of sp³-hybridized carbons (Fsp3) is 0.400. The molecule has 4 nitrogen and oxygen atoms in total. The Morgan fingerprint density at radius 2 is 2.32 bits per heavy atom. The molecule has 0 aliphatic carbocycles. The van der Waals surface area contributed by atoms with Crippen LogP contribution in [0, 0.1) is 11.8 Å². The number of amides is 1. The third-order valence-electron chi connectivity index (χ3n) is 2.41. The highest BCUT2D eigenvalue weighted by atomic mass is 16.5. The molecular formula is C15H19NO3. The molecule has 0 spiro atoms. The van der Waals surface area contributed by atoms with Crippen LogP contribution in [0.15, 0.2) is 24.3 Å². The summed E-state index contributed by atoms with van der Waals surface area (Å²) < 4.78 is 4.91. The predicted molar refractivity (Wildman–Crippen MR) is 73.8 cm³/mol. The van der Waals surface area contributed by atoms with Crippen LogP contribution in [0.5, 0.6) is 0 Å². The lowest BCUT2D eigenvalue weighted by Gasteiger charge is -2.05. The van der Waals surface area contributed by atoms with E-state index in [1.807, 2.05) is 6.07 Å². The van der Waals surface area contributed by atoms with Crippen LogP contribution in [0.4, 0.5) is 0 Å². The molecule has 1 aromatic rings. The lowest BCUT2D eigenvalue weighted by Crippen LogP contribution is -2.25. The number of benzene rings is 1. The van der Waals surface area contributed by atoms with Gasteiger partial charge < -0.3 is 15.2 Å². The molecule has 19 heavy (non-hydrogen) atoms. The number of rotatable bonds is 6. The van der Waals surface area contributed by atoms with Crippen LogP contribution in [0.2, 0.25) is 0 Å². The second kappa shape index (κ2) is 9.15. The number of hydrogen-bond acceptors (Lipinski definition) is 3. The molecule has 0 bridgehead atoms. The molecule has 1 aromatic carbocycles. The second-order valence-electron chi connectivity index (χ2n) is 3.96. The van der Waals surface area contributed by atoms with Gasteiger partial charge in [-0.25, -0.2) is 0 Å². The highest BCUT2D eigenvalue weighted by Gasteiger charge is 2.04. The van der Waals surface area contributed by atoms with E-state index < -0.39 is 0 Å². The smallest absolute Gasteiger partial charge is 0.251 e. The van der Waals surface area contributed by atoms with Crippen LogP contribution in [0.3, 0.4) is 0 Å². The summed E-state index contributed by atoms with van der Waals surface area (Å²) >= 11 is 0. The van der Waals surface area contributed by atoms with Gasteiger partial charge in [-0.15, -0.1) is 0 Å². The fourth-order valence-corrected chi connectivity index (χ4v) is 1.48.